The molecule has 1 aromatic rings. The molecule has 1 aliphatic rings. The van der Waals surface area contributed by atoms with Crippen molar-refractivity contribution in [3.05, 3.63) is 23.4 Å². The van der Waals surface area contributed by atoms with Crippen LogP contribution in [0.5, 0.6) is 0 Å². The number of hydrogen-bond acceptors (Lipinski definition) is 3. The van der Waals surface area contributed by atoms with Gasteiger partial charge in [-0.05, 0) is 37.8 Å². The molecule has 1 fully saturated rings. The van der Waals surface area contributed by atoms with Crippen LogP contribution in [0.3, 0.4) is 0 Å². The molecule has 1 aromatic heterocycles. The van der Waals surface area contributed by atoms with Gasteiger partial charge >= 0.3 is 5.97 Å². The third-order valence-electron chi connectivity index (χ3n) is 3.94. The molecule has 0 radical (unpaired) electrons. The summed E-state index contributed by atoms with van der Waals surface area (Å²) in [5.74, 6) is 0.858. The largest absolute Gasteiger partial charge is 0.478 e. The summed E-state index contributed by atoms with van der Waals surface area (Å²) in [5.41, 5.74) is 0.894. The molecule has 0 aliphatic carbocycles. The molecule has 1 aliphatic heterocycles. The summed E-state index contributed by atoms with van der Waals surface area (Å²) < 4.78 is 0. The van der Waals surface area contributed by atoms with Crippen molar-refractivity contribution in [1.82, 2.24) is 4.98 Å². The minimum atomic E-state index is -0.904. The predicted octanol–water partition coefficient (Wildman–Crippen LogP) is 3.10. The maximum absolute atomic E-state index is 11.0. The third kappa shape index (κ3) is 3.25. The maximum atomic E-state index is 11.0. The van der Waals surface area contributed by atoms with E-state index in [0.29, 0.717) is 11.3 Å². The Morgan fingerprint density at radius 1 is 1.42 bits per heavy atom. The molecule has 1 saturated heterocycles. The zero-order valence-corrected chi connectivity index (χ0v) is 11.7. The van der Waals surface area contributed by atoms with Gasteiger partial charge in [0.25, 0.3) is 0 Å². The number of carbonyl (C=O) groups is 1. The molecule has 2 heterocycles. The highest BCUT2D eigenvalue weighted by Gasteiger charge is 2.20. The van der Waals surface area contributed by atoms with Gasteiger partial charge in [0.2, 0.25) is 0 Å². The van der Waals surface area contributed by atoms with Crippen LogP contribution in [-0.4, -0.2) is 29.1 Å². The second-order valence-electron chi connectivity index (χ2n) is 5.33. The fourth-order valence-corrected chi connectivity index (χ4v) is 2.81. The van der Waals surface area contributed by atoms with Crippen LogP contribution in [0, 0.1) is 12.8 Å². The van der Waals surface area contributed by atoms with E-state index in [2.05, 4.69) is 16.8 Å². The monoisotopic (exact) mass is 262 g/mol. The molecule has 1 N–H and O–H groups in total. The minimum Gasteiger partial charge on any atom is -0.478 e. The molecule has 0 aromatic carbocycles. The van der Waals surface area contributed by atoms with Crippen molar-refractivity contribution in [3.8, 4) is 0 Å². The van der Waals surface area contributed by atoms with Crippen LogP contribution in [-0.2, 0) is 0 Å². The number of carboxylic acids is 1. The fraction of sp³-hybridized carbons (Fsp3) is 0.600. The van der Waals surface area contributed by atoms with E-state index < -0.39 is 5.97 Å². The topological polar surface area (TPSA) is 53.4 Å². The molecule has 0 bridgehead atoms. The molecule has 0 amide bonds. The van der Waals surface area contributed by atoms with E-state index in [1.807, 2.05) is 6.07 Å². The average molecular weight is 262 g/mol. The molecule has 0 atom stereocenters. The second kappa shape index (κ2) is 6.04. The summed E-state index contributed by atoms with van der Waals surface area (Å²) in [6, 6.07) is 3.49. The van der Waals surface area contributed by atoms with E-state index in [9.17, 15) is 4.79 Å². The van der Waals surface area contributed by atoms with Crippen LogP contribution in [0.15, 0.2) is 12.1 Å². The first kappa shape index (κ1) is 13.8. The molecule has 19 heavy (non-hydrogen) atoms. The van der Waals surface area contributed by atoms with Crippen molar-refractivity contribution in [1.29, 1.82) is 0 Å². The number of anilines is 1. The Bertz CT molecular complexity index is 451. The van der Waals surface area contributed by atoms with Crippen LogP contribution in [0.1, 0.15) is 48.7 Å². The molecule has 0 saturated carbocycles. The van der Waals surface area contributed by atoms with Crippen LogP contribution in [0.25, 0.3) is 0 Å². The minimum absolute atomic E-state index is 0.296. The molecule has 4 heteroatoms. The third-order valence-corrected chi connectivity index (χ3v) is 3.94. The highest BCUT2D eigenvalue weighted by Crippen LogP contribution is 2.25. The van der Waals surface area contributed by atoms with E-state index in [4.69, 9.17) is 5.11 Å². The smallest absolute Gasteiger partial charge is 0.337 e. The van der Waals surface area contributed by atoms with Crippen LogP contribution >= 0.6 is 0 Å². The summed E-state index contributed by atoms with van der Waals surface area (Å²) in [4.78, 5) is 17.7. The Kier molecular flexibility index (Phi) is 4.40. The Morgan fingerprint density at radius 2 is 2.11 bits per heavy atom. The van der Waals surface area contributed by atoms with Crippen molar-refractivity contribution in [2.75, 3.05) is 18.0 Å². The van der Waals surface area contributed by atoms with Gasteiger partial charge in [-0.2, -0.15) is 0 Å². The highest BCUT2D eigenvalue weighted by molar-refractivity contribution is 5.89. The van der Waals surface area contributed by atoms with Crippen molar-refractivity contribution < 1.29 is 9.90 Å². The number of aromatic nitrogens is 1. The van der Waals surface area contributed by atoms with Gasteiger partial charge in [-0.15, -0.1) is 0 Å². The standard InChI is InChI=1S/C15H22N2O2/c1-3-4-12-7-9-17(10-8-12)14-6-5-13(15(18)19)11(2)16-14/h5-6,12H,3-4,7-10H2,1-2H3,(H,18,19). The fourth-order valence-electron chi connectivity index (χ4n) is 2.81. The SMILES string of the molecule is CCCC1CCN(c2ccc(C(=O)O)c(C)n2)CC1. The molecule has 4 nitrogen and oxygen atoms in total. The lowest BCUT2D eigenvalue weighted by Gasteiger charge is -2.33. The highest BCUT2D eigenvalue weighted by atomic mass is 16.4. The molecule has 2 rings (SSSR count). The van der Waals surface area contributed by atoms with Gasteiger partial charge in [-0.1, -0.05) is 19.8 Å². The van der Waals surface area contributed by atoms with Crippen molar-refractivity contribution in [3.63, 3.8) is 0 Å². The van der Waals surface area contributed by atoms with Crippen LogP contribution in [0.2, 0.25) is 0 Å². The number of aryl methyl sites for hydroxylation is 1. The number of hydrogen-bond donors (Lipinski definition) is 1. The lowest BCUT2D eigenvalue weighted by atomic mass is 9.92. The Balaban J connectivity index is 2.04. The van der Waals surface area contributed by atoms with Crippen LogP contribution < -0.4 is 4.90 Å². The van der Waals surface area contributed by atoms with Crippen molar-refractivity contribution in [2.45, 2.75) is 39.5 Å². The lowest BCUT2D eigenvalue weighted by molar-refractivity contribution is 0.0695. The van der Waals surface area contributed by atoms with Crippen LogP contribution in [0.4, 0.5) is 5.82 Å². The van der Waals surface area contributed by atoms with E-state index in [-0.39, 0.29) is 0 Å². The van der Waals surface area contributed by atoms with Gasteiger partial charge in [0, 0.05) is 13.1 Å². The number of aromatic carboxylic acids is 1. The lowest BCUT2D eigenvalue weighted by Crippen LogP contribution is -2.34. The number of piperidine rings is 1. The number of rotatable bonds is 4. The van der Waals surface area contributed by atoms with Gasteiger partial charge in [0.1, 0.15) is 5.82 Å². The number of nitrogens with zero attached hydrogens (tertiary/aromatic N) is 2. The van der Waals surface area contributed by atoms with Gasteiger partial charge < -0.3 is 10.0 Å². The summed E-state index contributed by atoms with van der Waals surface area (Å²) in [6.07, 6.45) is 5.01. The quantitative estimate of drug-likeness (QED) is 0.906. The van der Waals surface area contributed by atoms with E-state index in [1.54, 1.807) is 13.0 Å². The van der Waals surface area contributed by atoms with Crippen molar-refractivity contribution in [2.24, 2.45) is 5.92 Å². The molecule has 0 spiro atoms. The molecule has 104 valence electrons. The summed E-state index contributed by atoms with van der Waals surface area (Å²) in [5, 5.41) is 9.01. The molecular formula is C15H22N2O2. The second-order valence-corrected chi connectivity index (χ2v) is 5.33. The van der Waals surface area contributed by atoms with E-state index in [0.717, 1.165) is 24.8 Å². The predicted molar refractivity (Wildman–Crippen MR) is 75.8 cm³/mol. The van der Waals surface area contributed by atoms with Gasteiger partial charge in [0.05, 0.1) is 11.3 Å². The number of carboxylic acid groups (broad SMARTS) is 1. The van der Waals surface area contributed by atoms with Gasteiger partial charge in [0.15, 0.2) is 0 Å². The van der Waals surface area contributed by atoms with E-state index >= 15 is 0 Å². The average Bonchev–Trinajstić information content (AvgIpc) is 2.39. The Hall–Kier alpha value is -1.58. The first-order valence-electron chi connectivity index (χ1n) is 7.07. The summed E-state index contributed by atoms with van der Waals surface area (Å²) >= 11 is 0. The van der Waals surface area contributed by atoms with E-state index in [1.165, 1.54) is 25.7 Å². The van der Waals surface area contributed by atoms with Gasteiger partial charge in [-0.3, -0.25) is 0 Å². The summed E-state index contributed by atoms with van der Waals surface area (Å²) in [6.45, 7) is 6.06. The first-order valence-corrected chi connectivity index (χ1v) is 7.07. The zero-order chi connectivity index (χ0) is 13.8. The Labute approximate surface area is 114 Å². The Morgan fingerprint density at radius 3 is 2.63 bits per heavy atom. The first-order chi connectivity index (χ1) is 9.11. The molecule has 0 unspecified atom stereocenters. The normalized spacial score (nSPS) is 16.6. The summed E-state index contributed by atoms with van der Waals surface area (Å²) in [7, 11) is 0. The number of pyridine rings is 1. The van der Waals surface area contributed by atoms with Crippen molar-refractivity contribution >= 4 is 11.8 Å². The zero-order valence-electron chi connectivity index (χ0n) is 11.7. The maximum Gasteiger partial charge on any atom is 0.337 e. The molecular weight excluding hydrogens is 240 g/mol. The van der Waals surface area contributed by atoms with Gasteiger partial charge in [-0.25, -0.2) is 9.78 Å².